The van der Waals surface area contributed by atoms with E-state index in [9.17, 15) is 0 Å². The van der Waals surface area contributed by atoms with Gasteiger partial charge in [-0.2, -0.15) is 0 Å². The highest BCUT2D eigenvalue weighted by Crippen LogP contribution is 2.13. The molecule has 0 saturated heterocycles. The largest absolute Gasteiger partial charge is 0.395 e. The van der Waals surface area contributed by atoms with Crippen LogP contribution in [0.2, 0.25) is 0 Å². The van der Waals surface area contributed by atoms with Gasteiger partial charge in [-0.1, -0.05) is 29.4 Å². The molecule has 102 valence electrons. The number of hydrogen-bond donors (Lipinski definition) is 1. The number of methoxy groups -OCH3 is 1. The molecule has 0 atom stereocenters. The van der Waals surface area contributed by atoms with Gasteiger partial charge in [0.05, 0.1) is 12.3 Å². The summed E-state index contributed by atoms with van der Waals surface area (Å²) in [6, 6.07) is 7.87. The molecule has 1 aliphatic heterocycles. The zero-order valence-electron chi connectivity index (χ0n) is 11.3. The first-order chi connectivity index (χ1) is 9.22. The molecule has 5 nitrogen and oxygen atoms in total. The first kappa shape index (κ1) is 13.5. The molecular weight excluding hydrogens is 242 g/mol. The van der Waals surface area contributed by atoms with Crippen LogP contribution in [0.15, 0.2) is 29.4 Å². The van der Waals surface area contributed by atoms with Crippen molar-refractivity contribution in [1.82, 2.24) is 4.90 Å². The van der Waals surface area contributed by atoms with Gasteiger partial charge >= 0.3 is 0 Å². The molecule has 19 heavy (non-hydrogen) atoms. The third kappa shape index (κ3) is 3.32. The smallest absolute Gasteiger partial charge is 0.127 e. The molecule has 1 aromatic carbocycles. The second kappa shape index (κ2) is 6.33. The van der Waals surface area contributed by atoms with Crippen molar-refractivity contribution in [1.29, 1.82) is 5.41 Å². The highest BCUT2D eigenvalue weighted by molar-refractivity contribution is 6.02. The van der Waals surface area contributed by atoms with Crippen LogP contribution in [0.1, 0.15) is 17.5 Å². The number of nitrogens with zero attached hydrogens (tertiary/aromatic N) is 2. The fourth-order valence-corrected chi connectivity index (χ4v) is 1.89. The molecule has 1 N–H and O–H groups in total. The van der Waals surface area contributed by atoms with Gasteiger partial charge in [0.15, 0.2) is 0 Å². The molecule has 1 aliphatic rings. The summed E-state index contributed by atoms with van der Waals surface area (Å²) < 4.78 is 5.02. The van der Waals surface area contributed by atoms with E-state index in [0.29, 0.717) is 25.6 Å². The molecule has 0 saturated carbocycles. The Kier molecular flexibility index (Phi) is 4.52. The van der Waals surface area contributed by atoms with Gasteiger partial charge in [-0.15, -0.1) is 0 Å². The van der Waals surface area contributed by atoms with Gasteiger partial charge in [0, 0.05) is 32.7 Å². The third-order valence-electron chi connectivity index (χ3n) is 3.11. The topological polar surface area (TPSA) is 57.9 Å². The van der Waals surface area contributed by atoms with Gasteiger partial charge in [0.2, 0.25) is 0 Å². The summed E-state index contributed by atoms with van der Waals surface area (Å²) in [4.78, 5) is 6.87. The van der Waals surface area contributed by atoms with Crippen molar-refractivity contribution in [2.75, 3.05) is 33.9 Å². The van der Waals surface area contributed by atoms with Crippen molar-refractivity contribution in [2.45, 2.75) is 6.42 Å². The molecule has 0 amide bonds. The van der Waals surface area contributed by atoms with E-state index >= 15 is 0 Å². The van der Waals surface area contributed by atoms with Crippen molar-refractivity contribution in [3.8, 4) is 0 Å². The number of rotatable bonds is 5. The van der Waals surface area contributed by atoms with Crippen LogP contribution in [0.25, 0.3) is 0 Å². The van der Waals surface area contributed by atoms with Crippen LogP contribution in [-0.2, 0) is 9.57 Å². The van der Waals surface area contributed by atoms with Crippen molar-refractivity contribution in [3.63, 3.8) is 0 Å². The maximum Gasteiger partial charge on any atom is 0.127 e. The van der Waals surface area contributed by atoms with Crippen LogP contribution in [0, 0.1) is 5.41 Å². The number of amidine groups is 1. The van der Waals surface area contributed by atoms with E-state index in [1.54, 1.807) is 7.11 Å². The molecule has 1 aromatic rings. The average molecular weight is 261 g/mol. The lowest BCUT2D eigenvalue weighted by molar-refractivity contribution is 0.174. The van der Waals surface area contributed by atoms with Gasteiger partial charge in [-0.05, 0) is 5.56 Å². The van der Waals surface area contributed by atoms with Gasteiger partial charge in [0.1, 0.15) is 12.4 Å². The number of nitrogens with one attached hydrogen (secondary N) is 1. The predicted octanol–water partition coefficient (Wildman–Crippen LogP) is 1.71. The Morgan fingerprint density at radius 1 is 1.42 bits per heavy atom. The molecule has 0 aliphatic carbocycles. The Labute approximate surface area is 113 Å². The number of benzene rings is 1. The van der Waals surface area contributed by atoms with E-state index in [-0.39, 0.29) is 0 Å². The maximum absolute atomic E-state index is 8.11. The summed E-state index contributed by atoms with van der Waals surface area (Å²) >= 11 is 0. The van der Waals surface area contributed by atoms with E-state index in [4.69, 9.17) is 15.0 Å². The molecule has 2 rings (SSSR count). The first-order valence-electron chi connectivity index (χ1n) is 6.30. The standard InChI is InChI=1S/C14H19N3O2/c1-17(8-10-18-2)14(15)12-5-3-11(4-6-12)13-7-9-19-16-13/h3-6,15H,7-10H2,1-2H3. The van der Waals surface area contributed by atoms with E-state index in [1.165, 1.54) is 0 Å². The molecule has 0 unspecified atom stereocenters. The normalized spacial score (nSPS) is 13.9. The number of hydrogen-bond acceptors (Lipinski definition) is 4. The summed E-state index contributed by atoms with van der Waals surface area (Å²) in [6.45, 7) is 1.98. The maximum atomic E-state index is 8.11. The zero-order valence-corrected chi connectivity index (χ0v) is 11.3. The predicted molar refractivity (Wildman–Crippen MR) is 74.9 cm³/mol. The Bertz CT molecular complexity index is 468. The molecule has 0 aromatic heterocycles. The van der Waals surface area contributed by atoms with Crippen LogP contribution in [0.5, 0.6) is 0 Å². The summed E-state index contributed by atoms with van der Waals surface area (Å²) in [5.74, 6) is 0.494. The van der Waals surface area contributed by atoms with Gasteiger partial charge in [-0.25, -0.2) is 0 Å². The molecule has 5 heteroatoms. The summed E-state index contributed by atoms with van der Waals surface area (Å²) in [5, 5.41) is 12.1. The van der Waals surface area contributed by atoms with Crippen LogP contribution < -0.4 is 0 Å². The van der Waals surface area contributed by atoms with E-state index in [1.807, 2.05) is 36.2 Å². The van der Waals surface area contributed by atoms with Crippen molar-refractivity contribution in [3.05, 3.63) is 35.4 Å². The minimum Gasteiger partial charge on any atom is -0.395 e. The Morgan fingerprint density at radius 2 is 2.16 bits per heavy atom. The van der Waals surface area contributed by atoms with Crippen molar-refractivity contribution in [2.24, 2.45) is 5.16 Å². The Hall–Kier alpha value is -1.88. The second-order valence-electron chi connectivity index (χ2n) is 4.46. The summed E-state index contributed by atoms with van der Waals surface area (Å²) in [7, 11) is 3.56. The number of ether oxygens (including phenoxy) is 1. The fraction of sp³-hybridized carbons (Fsp3) is 0.429. The fourth-order valence-electron chi connectivity index (χ4n) is 1.89. The van der Waals surface area contributed by atoms with Gasteiger partial charge in [0.25, 0.3) is 0 Å². The average Bonchev–Trinajstić information content (AvgIpc) is 2.98. The molecule has 0 fully saturated rings. The molecule has 0 radical (unpaired) electrons. The second-order valence-corrected chi connectivity index (χ2v) is 4.46. The minimum absolute atomic E-state index is 0.494. The van der Waals surface area contributed by atoms with Crippen LogP contribution in [-0.4, -0.2) is 50.4 Å². The van der Waals surface area contributed by atoms with Crippen LogP contribution in [0.3, 0.4) is 0 Å². The lowest BCUT2D eigenvalue weighted by Gasteiger charge is -2.19. The lowest BCUT2D eigenvalue weighted by Crippen LogP contribution is -2.29. The molecule has 1 heterocycles. The SMILES string of the molecule is COCCN(C)C(=N)c1ccc(C2=NOCC2)cc1. The third-order valence-corrected chi connectivity index (χ3v) is 3.11. The van der Waals surface area contributed by atoms with Crippen molar-refractivity contribution >= 4 is 11.5 Å². The Morgan fingerprint density at radius 3 is 2.74 bits per heavy atom. The minimum atomic E-state index is 0.494. The van der Waals surface area contributed by atoms with E-state index in [0.717, 1.165) is 23.3 Å². The monoisotopic (exact) mass is 261 g/mol. The van der Waals surface area contributed by atoms with E-state index < -0.39 is 0 Å². The first-order valence-corrected chi connectivity index (χ1v) is 6.30. The molecule has 0 bridgehead atoms. The molecule has 0 spiro atoms. The summed E-state index contributed by atoms with van der Waals surface area (Å²) in [5.41, 5.74) is 2.93. The number of likely N-dealkylation sites (N-methyl/N-ethyl adjacent to an activating group) is 1. The Balaban J connectivity index is 2.03. The quantitative estimate of drug-likeness (QED) is 0.648. The zero-order chi connectivity index (χ0) is 13.7. The lowest BCUT2D eigenvalue weighted by atomic mass is 10.1. The summed E-state index contributed by atoms with van der Waals surface area (Å²) in [6.07, 6.45) is 0.852. The van der Waals surface area contributed by atoms with Crippen molar-refractivity contribution < 1.29 is 9.57 Å². The number of oxime groups is 1. The van der Waals surface area contributed by atoms with Gasteiger partial charge in [-0.3, -0.25) is 5.41 Å². The molecular formula is C14H19N3O2. The highest BCUT2D eigenvalue weighted by Gasteiger charge is 2.12. The van der Waals surface area contributed by atoms with Crippen LogP contribution >= 0.6 is 0 Å². The van der Waals surface area contributed by atoms with Crippen LogP contribution in [0.4, 0.5) is 0 Å². The van der Waals surface area contributed by atoms with E-state index in [2.05, 4.69) is 5.16 Å². The van der Waals surface area contributed by atoms with Gasteiger partial charge < -0.3 is 14.5 Å². The highest BCUT2D eigenvalue weighted by atomic mass is 16.6.